The molecule has 5 nitrogen and oxygen atoms in total. The first kappa shape index (κ1) is 20.0. The van der Waals surface area contributed by atoms with Crippen molar-refractivity contribution >= 4 is 18.3 Å². The molecule has 6 heteroatoms. The fraction of sp³-hybridized carbons (Fsp3) is 0.278. The number of halogens is 1. The van der Waals surface area contributed by atoms with E-state index in [1.165, 1.54) is 0 Å². The zero-order chi connectivity index (χ0) is 16.5. The first-order chi connectivity index (χ1) is 11.1. The normalized spacial score (nSPS) is 11.4. The molecular formula is C18H23ClN2O3. The fourth-order valence-corrected chi connectivity index (χ4v) is 2.18. The quantitative estimate of drug-likeness (QED) is 0.602. The van der Waals surface area contributed by atoms with Gasteiger partial charge < -0.3 is 20.9 Å². The number of nitrogens with two attached hydrogens (primary N) is 1. The van der Waals surface area contributed by atoms with Crippen LogP contribution < -0.4 is 15.8 Å². The van der Waals surface area contributed by atoms with Crippen molar-refractivity contribution in [2.24, 2.45) is 5.73 Å². The van der Waals surface area contributed by atoms with Gasteiger partial charge in [0.05, 0.1) is 12.5 Å². The number of hydrogen-bond donors (Lipinski definition) is 3. The van der Waals surface area contributed by atoms with Crippen LogP contribution in [0.4, 0.5) is 0 Å². The molecule has 0 aliphatic heterocycles. The van der Waals surface area contributed by atoms with E-state index >= 15 is 0 Å². The van der Waals surface area contributed by atoms with Crippen LogP contribution in [0, 0.1) is 0 Å². The third-order valence-electron chi connectivity index (χ3n) is 3.37. The van der Waals surface area contributed by atoms with E-state index in [2.05, 4.69) is 5.32 Å². The molecule has 130 valence electrons. The highest BCUT2D eigenvalue weighted by Crippen LogP contribution is 2.12. The number of benzene rings is 2. The molecule has 1 amide bonds. The maximum Gasteiger partial charge on any atom is 0.221 e. The molecule has 1 atom stereocenters. The summed E-state index contributed by atoms with van der Waals surface area (Å²) in [5.41, 5.74) is 6.91. The number of hydrogen-bond acceptors (Lipinski definition) is 4. The van der Waals surface area contributed by atoms with E-state index in [9.17, 15) is 9.90 Å². The molecule has 2 aromatic rings. The molecule has 2 aromatic carbocycles. The van der Waals surface area contributed by atoms with E-state index in [1.54, 1.807) is 0 Å². The Hall–Kier alpha value is -2.08. The Balaban J connectivity index is 0.00000288. The van der Waals surface area contributed by atoms with E-state index in [1.807, 2.05) is 54.6 Å². The van der Waals surface area contributed by atoms with E-state index < -0.39 is 6.10 Å². The van der Waals surface area contributed by atoms with Crippen molar-refractivity contribution in [3.8, 4) is 5.75 Å². The standard InChI is InChI=1S/C18H22N2O3.ClH/c19-18(22)12-14-6-8-16(9-7-14)23-11-10-20-13-17(21)15-4-2-1-3-5-15;/h1-9,17,20-21H,10-13H2,(H2,19,22);1H. The van der Waals surface area contributed by atoms with Crippen LogP contribution in [-0.2, 0) is 11.2 Å². The number of aliphatic hydroxyl groups is 1. The third-order valence-corrected chi connectivity index (χ3v) is 3.37. The number of carbonyl (C=O) groups excluding carboxylic acids is 1. The summed E-state index contributed by atoms with van der Waals surface area (Å²) in [4.78, 5) is 10.8. The van der Waals surface area contributed by atoms with E-state index in [4.69, 9.17) is 10.5 Å². The minimum absolute atomic E-state index is 0. The van der Waals surface area contributed by atoms with Gasteiger partial charge in [-0.1, -0.05) is 42.5 Å². The van der Waals surface area contributed by atoms with Gasteiger partial charge in [-0.3, -0.25) is 4.79 Å². The Morgan fingerprint density at radius 3 is 2.42 bits per heavy atom. The largest absolute Gasteiger partial charge is 0.492 e. The summed E-state index contributed by atoms with van der Waals surface area (Å²) >= 11 is 0. The monoisotopic (exact) mass is 350 g/mol. The Morgan fingerprint density at radius 2 is 1.79 bits per heavy atom. The lowest BCUT2D eigenvalue weighted by Gasteiger charge is -2.12. The summed E-state index contributed by atoms with van der Waals surface area (Å²) in [6, 6.07) is 16.8. The zero-order valence-corrected chi connectivity index (χ0v) is 14.2. The van der Waals surface area contributed by atoms with Gasteiger partial charge in [0.25, 0.3) is 0 Å². The van der Waals surface area contributed by atoms with Crippen molar-refractivity contribution in [2.45, 2.75) is 12.5 Å². The highest BCUT2D eigenvalue weighted by atomic mass is 35.5. The molecule has 0 heterocycles. The van der Waals surface area contributed by atoms with Gasteiger partial charge in [0.2, 0.25) is 5.91 Å². The highest BCUT2D eigenvalue weighted by molar-refractivity contribution is 5.85. The minimum Gasteiger partial charge on any atom is -0.492 e. The zero-order valence-electron chi connectivity index (χ0n) is 13.4. The molecule has 0 bridgehead atoms. The van der Waals surface area contributed by atoms with Gasteiger partial charge in [0.1, 0.15) is 12.4 Å². The van der Waals surface area contributed by atoms with Gasteiger partial charge in [-0.2, -0.15) is 0 Å². The number of ether oxygens (including phenoxy) is 1. The second-order valence-corrected chi connectivity index (χ2v) is 5.27. The van der Waals surface area contributed by atoms with Crippen LogP contribution >= 0.6 is 12.4 Å². The van der Waals surface area contributed by atoms with Crippen molar-refractivity contribution in [3.63, 3.8) is 0 Å². The van der Waals surface area contributed by atoms with E-state index in [-0.39, 0.29) is 24.7 Å². The van der Waals surface area contributed by atoms with Crippen LogP contribution in [-0.4, -0.2) is 30.7 Å². The van der Waals surface area contributed by atoms with Crippen molar-refractivity contribution in [3.05, 3.63) is 65.7 Å². The van der Waals surface area contributed by atoms with Crippen LogP contribution in [0.1, 0.15) is 17.2 Å². The number of nitrogens with one attached hydrogen (secondary N) is 1. The second-order valence-electron chi connectivity index (χ2n) is 5.27. The van der Waals surface area contributed by atoms with Crippen molar-refractivity contribution in [1.82, 2.24) is 5.32 Å². The van der Waals surface area contributed by atoms with E-state index in [0.717, 1.165) is 16.9 Å². The Morgan fingerprint density at radius 1 is 1.12 bits per heavy atom. The van der Waals surface area contributed by atoms with Gasteiger partial charge in [-0.25, -0.2) is 0 Å². The van der Waals surface area contributed by atoms with Crippen LogP contribution in [0.3, 0.4) is 0 Å². The summed E-state index contributed by atoms with van der Waals surface area (Å²) in [6.07, 6.45) is -0.288. The first-order valence-electron chi connectivity index (χ1n) is 7.59. The van der Waals surface area contributed by atoms with Crippen molar-refractivity contribution < 1.29 is 14.6 Å². The smallest absolute Gasteiger partial charge is 0.221 e. The first-order valence-corrected chi connectivity index (χ1v) is 7.59. The number of aliphatic hydroxyl groups excluding tert-OH is 1. The lowest BCUT2D eigenvalue weighted by Crippen LogP contribution is -2.26. The van der Waals surface area contributed by atoms with Crippen molar-refractivity contribution in [2.75, 3.05) is 19.7 Å². The molecule has 0 fully saturated rings. The van der Waals surface area contributed by atoms with Crippen LogP contribution in [0.2, 0.25) is 0 Å². The SMILES string of the molecule is Cl.NC(=O)Cc1ccc(OCCNCC(O)c2ccccc2)cc1. The Labute approximate surface area is 148 Å². The summed E-state index contributed by atoms with van der Waals surface area (Å²) in [5.74, 6) is 0.392. The fourth-order valence-electron chi connectivity index (χ4n) is 2.18. The van der Waals surface area contributed by atoms with Gasteiger partial charge >= 0.3 is 0 Å². The van der Waals surface area contributed by atoms with Gasteiger partial charge in [-0.15, -0.1) is 12.4 Å². The lowest BCUT2D eigenvalue weighted by molar-refractivity contribution is -0.117. The van der Waals surface area contributed by atoms with Crippen LogP contribution in [0.5, 0.6) is 5.75 Å². The Bertz CT molecular complexity index is 605. The molecular weight excluding hydrogens is 328 g/mol. The Kier molecular flexibility index (Phi) is 8.86. The predicted octanol–water partition coefficient (Wildman–Crippen LogP) is 1.84. The molecule has 0 aliphatic carbocycles. The number of amides is 1. The van der Waals surface area contributed by atoms with Crippen LogP contribution in [0.15, 0.2) is 54.6 Å². The van der Waals surface area contributed by atoms with Gasteiger partial charge in [-0.05, 0) is 23.3 Å². The molecule has 1 unspecified atom stereocenters. The maximum atomic E-state index is 10.8. The molecule has 0 aliphatic rings. The molecule has 24 heavy (non-hydrogen) atoms. The summed E-state index contributed by atoms with van der Waals surface area (Å²) < 4.78 is 5.59. The molecule has 0 saturated heterocycles. The summed E-state index contributed by atoms with van der Waals surface area (Å²) in [7, 11) is 0. The molecule has 2 rings (SSSR count). The summed E-state index contributed by atoms with van der Waals surface area (Å²) in [5, 5.41) is 13.2. The molecule has 0 saturated carbocycles. The minimum atomic E-state index is -0.524. The number of rotatable bonds is 9. The van der Waals surface area contributed by atoms with E-state index in [0.29, 0.717) is 19.7 Å². The van der Waals surface area contributed by atoms with Gasteiger partial charge in [0.15, 0.2) is 0 Å². The average molecular weight is 351 g/mol. The number of carbonyl (C=O) groups is 1. The second kappa shape index (κ2) is 10.6. The van der Waals surface area contributed by atoms with Crippen LogP contribution in [0.25, 0.3) is 0 Å². The molecule has 4 N–H and O–H groups in total. The highest BCUT2D eigenvalue weighted by Gasteiger charge is 2.05. The lowest BCUT2D eigenvalue weighted by atomic mass is 10.1. The average Bonchev–Trinajstić information content (AvgIpc) is 2.56. The molecule has 0 spiro atoms. The molecule has 0 aromatic heterocycles. The predicted molar refractivity (Wildman–Crippen MR) is 96.4 cm³/mol. The van der Waals surface area contributed by atoms with Gasteiger partial charge in [0, 0.05) is 13.1 Å². The number of primary amides is 1. The topological polar surface area (TPSA) is 84.6 Å². The van der Waals surface area contributed by atoms with Crippen molar-refractivity contribution in [1.29, 1.82) is 0 Å². The summed E-state index contributed by atoms with van der Waals surface area (Å²) in [6.45, 7) is 1.61. The molecule has 0 radical (unpaired) electrons. The maximum absolute atomic E-state index is 10.8. The third kappa shape index (κ3) is 7.00.